The fourth-order valence-corrected chi connectivity index (χ4v) is 3.80. The predicted octanol–water partition coefficient (Wildman–Crippen LogP) is 2.93. The Morgan fingerprint density at radius 2 is 2.48 bits per heavy atom. The molecular formula is C16H19NO3S. The van der Waals surface area contributed by atoms with Gasteiger partial charge in [-0.05, 0) is 48.9 Å². The van der Waals surface area contributed by atoms with E-state index >= 15 is 0 Å². The Kier molecular flexibility index (Phi) is 4.12. The van der Waals surface area contributed by atoms with E-state index in [9.17, 15) is 9.90 Å². The van der Waals surface area contributed by atoms with Gasteiger partial charge < -0.3 is 14.8 Å². The SMILES string of the molecule is CC1CCc2sc(C(=O)NCC(O)c3ccco3)cc2C1. The summed E-state index contributed by atoms with van der Waals surface area (Å²) < 4.78 is 5.11. The molecule has 1 aliphatic rings. The van der Waals surface area contributed by atoms with Crippen molar-refractivity contribution >= 4 is 17.2 Å². The number of aliphatic hydroxyl groups excluding tert-OH is 1. The molecular weight excluding hydrogens is 286 g/mol. The van der Waals surface area contributed by atoms with Crippen LogP contribution in [0.4, 0.5) is 0 Å². The van der Waals surface area contributed by atoms with Crippen molar-refractivity contribution in [3.05, 3.63) is 45.5 Å². The fourth-order valence-electron chi connectivity index (χ4n) is 2.68. The molecule has 4 nitrogen and oxygen atoms in total. The average molecular weight is 305 g/mol. The molecule has 2 atom stereocenters. The van der Waals surface area contributed by atoms with E-state index < -0.39 is 6.10 Å². The molecule has 2 aromatic rings. The quantitative estimate of drug-likeness (QED) is 0.913. The van der Waals surface area contributed by atoms with E-state index in [0.29, 0.717) is 11.7 Å². The van der Waals surface area contributed by atoms with Crippen LogP contribution in [0.15, 0.2) is 28.9 Å². The van der Waals surface area contributed by atoms with Crippen LogP contribution in [0.2, 0.25) is 0 Å². The summed E-state index contributed by atoms with van der Waals surface area (Å²) in [6.07, 6.45) is 4.04. The van der Waals surface area contributed by atoms with Gasteiger partial charge in [-0.25, -0.2) is 0 Å². The number of aryl methyl sites for hydroxylation is 1. The zero-order valence-corrected chi connectivity index (χ0v) is 12.8. The fraction of sp³-hybridized carbons (Fsp3) is 0.438. The molecule has 0 saturated carbocycles. The van der Waals surface area contributed by atoms with Gasteiger partial charge in [0.1, 0.15) is 11.9 Å². The standard InChI is InChI=1S/C16H19NO3S/c1-10-4-5-14-11(7-10)8-15(21-14)16(19)17-9-12(18)13-3-2-6-20-13/h2-3,6,8,10,12,18H,4-5,7,9H2,1H3,(H,17,19). The normalized spacial score (nSPS) is 19.0. The molecule has 1 aliphatic carbocycles. The van der Waals surface area contributed by atoms with Crippen LogP contribution in [0.3, 0.4) is 0 Å². The van der Waals surface area contributed by atoms with E-state index in [0.717, 1.165) is 17.7 Å². The van der Waals surface area contributed by atoms with E-state index in [4.69, 9.17) is 4.42 Å². The summed E-state index contributed by atoms with van der Waals surface area (Å²) in [5.74, 6) is 1.05. The van der Waals surface area contributed by atoms with E-state index in [-0.39, 0.29) is 12.5 Å². The summed E-state index contributed by atoms with van der Waals surface area (Å²) in [5, 5.41) is 12.7. The number of thiophene rings is 1. The molecule has 5 heteroatoms. The molecule has 3 rings (SSSR count). The molecule has 0 radical (unpaired) electrons. The maximum Gasteiger partial charge on any atom is 0.261 e. The molecule has 2 N–H and O–H groups in total. The topological polar surface area (TPSA) is 62.5 Å². The molecule has 2 aromatic heterocycles. The number of rotatable bonds is 4. The third-order valence-corrected chi connectivity index (χ3v) is 5.12. The van der Waals surface area contributed by atoms with Gasteiger partial charge >= 0.3 is 0 Å². The first-order valence-corrected chi connectivity index (χ1v) is 8.06. The zero-order valence-electron chi connectivity index (χ0n) is 12.0. The van der Waals surface area contributed by atoms with Crippen molar-refractivity contribution in [2.75, 3.05) is 6.54 Å². The van der Waals surface area contributed by atoms with Crippen molar-refractivity contribution in [1.29, 1.82) is 0 Å². The maximum atomic E-state index is 12.2. The first kappa shape index (κ1) is 14.4. The van der Waals surface area contributed by atoms with Gasteiger partial charge in [0.2, 0.25) is 0 Å². The minimum absolute atomic E-state index is 0.118. The van der Waals surface area contributed by atoms with Gasteiger partial charge in [-0.15, -0.1) is 11.3 Å². The van der Waals surface area contributed by atoms with Crippen LogP contribution >= 0.6 is 11.3 Å². The number of carbonyl (C=O) groups excluding carboxylic acids is 1. The molecule has 0 saturated heterocycles. The number of aliphatic hydroxyl groups is 1. The van der Waals surface area contributed by atoms with Crippen molar-refractivity contribution < 1.29 is 14.3 Å². The van der Waals surface area contributed by atoms with E-state index in [1.807, 2.05) is 6.07 Å². The summed E-state index contributed by atoms with van der Waals surface area (Å²) in [6.45, 7) is 2.41. The third kappa shape index (κ3) is 3.19. The minimum Gasteiger partial charge on any atom is -0.467 e. The molecule has 21 heavy (non-hydrogen) atoms. The van der Waals surface area contributed by atoms with Crippen LogP contribution in [0.25, 0.3) is 0 Å². The Hall–Kier alpha value is -1.59. The Bertz CT molecular complexity index is 618. The summed E-state index contributed by atoms with van der Waals surface area (Å²) in [6, 6.07) is 5.42. The number of furan rings is 1. The molecule has 2 heterocycles. The number of nitrogens with one attached hydrogen (secondary N) is 1. The Labute approximate surface area is 127 Å². The average Bonchev–Trinajstić information content (AvgIpc) is 3.12. The van der Waals surface area contributed by atoms with Crippen LogP contribution in [-0.4, -0.2) is 17.6 Å². The van der Waals surface area contributed by atoms with Gasteiger partial charge in [0.15, 0.2) is 0 Å². The number of hydrogen-bond donors (Lipinski definition) is 2. The highest BCUT2D eigenvalue weighted by atomic mass is 32.1. The first-order chi connectivity index (χ1) is 10.1. The lowest BCUT2D eigenvalue weighted by Gasteiger charge is -2.16. The molecule has 0 aliphatic heterocycles. The van der Waals surface area contributed by atoms with Crippen molar-refractivity contribution in [1.82, 2.24) is 5.32 Å². The molecule has 0 spiro atoms. The highest BCUT2D eigenvalue weighted by molar-refractivity contribution is 7.14. The number of fused-ring (bicyclic) bond motifs is 1. The number of hydrogen-bond acceptors (Lipinski definition) is 4. The minimum atomic E-state index is -0.807. The van der Waals surface area contributed by atoms with Crippen molar-refractivity contribution in [3.63, 3.8) is 0 Å². The molecule has 112 valence electrons. The van der Waals surface area contributed by atoms with Gasteiger partial charge in [-0.3, -0.25) is 4.79 Å². The smallest absolute Gasteiger partial charge is 0.261 e. The van der Waals surface area contributed by atoms with Gasteiger partial charge in [0.05, 0.1) is 17.7 Å². The van der Waals surface area contributed by atoms with Gasteiger partial charge in [-0.2, -0.15) is 0 Å². The van der Waals surface area contributed by atoms with E-state index in [2.05, 4.69) is 12.2 Å². The maximum absolute atomic E-state index is 12.2. The van der Waals surface area contributed by atoms with Crippen molar-refractivity contribution in [3.8, 4) is 0 Å². The lowest BCUT2D eigenvalue weighted by Crippen LogP contribution is -2.27. The Morgan fingerprint density at radius 3 is 3.24 bits per heavy atom. The van der Waals surface area contributed by atoms with Crippen LogP contribution in [-0.2, 0) is 12.8 Å². The highest BCUT2D eigenvalue weighted by Crippen LogP contribution is 2.32. The largest absolute Gasteiger partial charge is 0.467 e. The summed E-state index contributed by atoms with van der Waals surface area (Å²) >= 11 is 1.58. The third-order valence-electron chi connectivity index (χ3n) is 3.88. The lowest BCUT2D eigenvalue weighted by molar-refractivity contribution is 0.0905. The highest BCUT2D eigenvalue weighted by Gasteiger charge is 2.21. The van der Waals surface area contributed by atoms with Crippen molar-refractivity contribution in [2.45, 2.75) is 32.3 Å². The summed E-state index contributed by atoms with van der Waals surface area (Å²) in [4.78, 5) is 14.3. The van der Waals surface area contributed by atoms with Crippen LogP contribution in [0, 0.1) is 5.92 Å². The molecule has 0 bridgehead atoms. The van der Waals surface area contributed by atoms with Gasteiger partial charge in [-0.1, -0.05) is 6.92 Å². The predicted molar refractivity (Wildman–Crippen MR) is 81.5 cm³/mol. The first-order valence-electron chi connectivity index (χ1n) is 7.24. The van der Waals surface area contributed by atoms with Gasteiger partial charge in [0, 0.05) is 4.88 Å². The monoisotopic (exact) mass is 305 g/mol. The number of carbonyl (C=O) groups is 1. The molecule has 0 fully saturated rings. The van der Waals surface area contributed by atoms with E-state index in [1.54, 1.807) is 23.5 Å². The number of amides is 1. The molecule has 1 amide bonds. The van der Waals surface area contributed by atoms with Crippen molar-refractivity contribution in [2.24, 2.45) is 5.92 Å². The Morgan fingerprint density at radius 1 is 1.62 bits per heavy atom. The zero-order chi connectivity index (χ0) is 14.8. The second-order valence-electron chi connectivity index (χ2n) is 5.65. The lowest BCUT2D eigenvalue weighted by atomic mass is 9.90. The van der Waals surface area contributed by atoms with Crippen LogP contribution in [0.1, 0.15) is 45.3 Å². The van der Waals surface area contributed by atoms with Crippen LogP contribution in [0.5, 0.6) is 0 Å². The summed E-state index contributed by atoms with van der Waals surface area (Å²) in [5.41, 5.74) is 1.32. The second-order valence-corrected chi connectivity index (χ2v) is 6.79. The Balaban J connectivity index is 1.61. The second kappa shape index (κ2) is 6.03. The molecule has 2 unspecified atom stereocenters. The molecule has 0 aromatic carbocycles. The van der Waals surface area contributed by atoms with Crippen LogP contribution < -0.4 is 5.32 Å². The van der Waals surface area contributed by atoms with Gasteiger partial charge in [0.25, 0.3) is 5.91 Å². The van der Waals surface area contributed by atoms with E-state index in [1.165, 1.54) is 23.1 Å². The summed E-state index contributed by atoms with van der Waals surface area (Å²) in [7, 11) is 0.